The van der Waals surface area contributed by atoms with Crippen LogP contribution in [0, 0.1) is 0 Å². The molecule has 0 fully saturated rings. The lowest BCUT2D eigenvalue weighted by Crippen LogP contribution is -1.97. The largest absolute Gasteiger partial charge is 0.391 e. The van der Waals surface area contributed by atoms with Crippen molar-refractivity contribution in [2.24, 2.45) is 0 Å². The lowest BCUT2D eigenvalue weighted by atomic mass is 10.0. The molecule has 70 valence electrons. The molecule has 0 spiro atoms. The first-order valence-electron chi connectivity index (χ1n) is 4.08. The minimum atomic E-state index is -0.295. The highest BCUT2D eigenvalue weighted by Crippen LogP contribution is 2.15. The molecule has 0 aliphatic carbocycles. The third-order valence-electron chi connectivity index (χ3n) is 1.88. The Hall–Kier alpha value is -0.580. The molecule has 1 aromatic rings. The topological polar surface area (TPSA) is 26.3 Å². The molecule has 13 heavy (non-hydrogen) atoms. The maximum absolute atomic E-state index is 11.1. The van der Waals surface area contributed by atoms with Crippen molar-refractivity contribution in [1.29, 1.82) is 0 Å². The van der Waals surface area contributed by atoms with Crippen LogP contribution >= 0.6 is 23.0 Å². The van der Waals surface area contributed by atoms with Crippen molar-refractivity contribution in [3.05, 3.63) is 35.4 Å². The molecule has 0 N–H and O–H groups in total. The van der Waals surface area contributed by atoms with Gasteiger partial charge in [-0.25, -0.2) is 4.79 Å². The van der Waals surface area contributed by atoms with Crippen molar-refractivity contribution in [2.45, 2.75) is 19.8 Å². The average molecular weight is 290 g/mol. The van der Waals surface area contributed by atoms with Gasteiger partial charge in [0.1, 0.15) is 0 Å². The fraction of sp³-hybridized carbons (Fsp3) is 0.300. The normalized spacial score (nSPS) is 10.2. The van der Waals surface area contributed by atoms with Crippen LogP contribution in [0.2, 0.25) is 0 Å². The van der Waals surface area contributed by atoms with E-state index < -0.39 is 0 Å². The van der Waals surface area contributed by atoms with E-state index >= 15 is 0 Å². The van der Waals surface area contributed by atoms with Gasteiger partial charge in [-0.2, -0.15) is 0 Å². The van der Waals surface area contributed by atoms with E-state index in [9.17, 15) is 4.79 Å². The molecule has 0 saturated heterocycles. The summed E-state index contributed by atoms with van der Waals surface area (Å²) in [4.78, 5) is 11.1. The van der Waals surface area contributed by atoms with Gasteiger partial charge in [0, 0.05) is 0 Å². The fourth-order valence-corrected chi connectivity index (χ4v) is 1.30. The molecule has 0 bridgehead atoms. The SMILES string of the molecule is CC(C)c1ccc(C(=O)OI)cc1. The Kier molecular flexibility index (Phi) is 3.71. The first-order chi connectivity index (χ1) is 6.15. The van der Waals surface area contributed by atoms with Crippen molar-refractivity contribution in [3.63, 3.8) is 0 Å². The first kappa shape index (κ1) is 10.5. The Labute approximate surface area is 92.0 Å². The molecule has 0 aromatic heterocycles. The molecule has 2 nitrogen and oxygen atoms in total. The van der Waals surface area contributed by atoms with Crippen LogP contribution in [-0.4, -0.2) is 5.97 Å². The zero-order chi connectivity index (χ0) is 9.84. The van der Waals surface area contributed by atoms with E-state index in [-0.39, 0.29) is 5.97 Å². The van der Waals surface area contributed by atoms with Crippen LogP contribution in [0.4, 0.5) is 0 Å². The molecule has 0 aliphatic heterocycles. The van der Waals surface area contributed by atoms with Crippen LogP contribution in [0.5, 0.6) is 0 Å². The summed E-state index contributed by atoms with van der Waals surface area (Å²) < 4.78 is 4.57. The Balaban J connectivity index is 2.87. The van der Waals surface area contributed by atoms with Crippen molar-refractivity contribution in [3.8, 4) is 0 Å². The minimum Gasteiger partial charge on any atom is -0.391 e. The number of rotatable bonds is 2. The summed E-state index contributed by atoms with van der Waals surface area (Å²) in [5, 5.41) is 0. The van der Waals surface area contributed by atoms with Gasteiger partial charge in [-0.15, -0.1) is 0 Å². The maximum Gasteiger partial charge on any atom is 0.347 e. The van der Waals surface area contributed by atoms with Crippen molar-refractivity contribution in [2.75, 3.05) is 0 Å². The number of hydrogen-bond donors (Lipinski definition) is 0. The fourth-order valence-electron chi connectivity index (χ4n) is 1.05. The summed E-state index contributed by atoms with van der Waals surface area (Å²) in [6, 6.07) is 7.48. The maximum atomic E-state index is 11.1. The van der Waals surface area contributed by atoms with Gasteiger partial charge < -0.3 is 3.07 Å². The number of carbonyl (C=O) groups is 1. The summed E-state index contributed by atoms with van der Waals surface area (Å²) in [5.41, 5.74) is 1.82. The smallest absolute Gasteiger partial charge is 0.347 e. The van der Waals surface area contributed by atoms with Gasteiger partial charge >= 0.3 is 5.97 Å². The van der Waals surface area contributed by atoms with Gasteiger partial charge in [0.05, 0.1) is 5.56 Å². The Morgan fingerprint density at radius 3 is 2.23 bits per heavy atom. The molecule has 1 rings (SSSR count). The molecule has 0 unspecified atom stereocenters. The summed E-state index contributed by atoms with van der Waals surface area (Å²) in [6.07, 6.45) is 0. The number of carbonyl (C=O) groups excluding carboxylic acids is 1. The third kappa shape index (κ3) is 2.69. The number of halogens is 1. The van der Waals surface area contributed by atoms with E-state index in [4.69, 9.17) is 0 Å². The van der Waals surface area contributed by atoms with Crippen LogP contribution in [-0.2, 0) is 3.07 Å². The number of hydrogen-bond acceptors (Lipinski definition) is 2. The molecule has 0 atom stereocenters. The van der Waals surface area contributed by atoms with Crippen LogP contribution in [0.1, 0.15) is 35.7 Å². The summed E-state index contributed by atoms with van der Waals surface area (Å²) in [5.74, 6) is 0.195. The van der Waals surface area contributed by atoms with Gasteiger partial charge in [0.15, 0.2) is 23.0 Å². The molecule has 0 amide bonds. The first-order valence-corrected chi connectivity index (χ1v) is 4.96. The van der Waals surface area contributed by atoms with Gasteiger partial charge in [0.2, 0.25) is 0 Å². The lowest BCUT2D eigenvalue weighted by molar-refractivity contribution is 0.0800. The summed E-state index contributed by atoms with van der Waals surface area (Å²) in [7, 11) is 0. The quantitative estimate of drug-likeness (QED) is 0.781. The van der Waals surface area contributed by atoms with Crippen LogP contribution in [0.25, 0.3) is 0 Å². The highest BCUT2D eigenvalue weighted by atomic mass is 127. The van der Waals surface area contributed by atoms with Crippen LogP contribution in [0.3, 0.4) is 0 Å². The summed E-state index contributed by atoms with van der Waals surface area (Å²) >= 11 is 1.59. The average Bonchev–Trinajstić information content (AvgIpc) is 2.17. The van der Waals surface area contributed by atoms with Gasteiger partial charge in [0.25, 0.3) is 0 Å². The van der Waals surface area contributed by atoms with Crippen molar-refractivity contribution in [1.82, 2.24) is 0 Å². The molecule has 0 aliphatic rings. The predicted octanol–water partition coefficient (Wildman–Crippen LogP) is 3.32. The Bertz CT molecular complexity index is 290. The molecule has 3 heteroatoms. The zero-order valence-electron chi connectivity index (χ0n) is 7.58. The second-order valence-corrected chi connectivity index (χ2v) is 3.58. The van der Waals surface area contributed by atoms with Crippen molar-refractivity contribution >= 4 is 29.0 Å². The van der Waals surface area contributed by atoms with E-state index in [1.807, 2.05) is 12.1 Å². The third-order valence-corrected chi connectivity index (χ3v) is 2.28. The molecule has 0 saturated carbocycles. The van der Waals surface area contributed by atoms with E-state index in [0.29, 0.717) is 11.5 Å². The van der Waals surface area contributed by atoms with Crippen LogP contribution in [0.15, 0.2) is 24.3 Å². The predicted molar refractivity (Wildman–Crippen MR) is 60.0 cm³/mol. The number of benzene rings is 1. The lowest BCUT2D eigenvalue weighted by Gasteiger charge is -2.04. The molecular weight excluding hydrogens is 279 g/mol. The minimum absolute atomic E-state index is 0.295. The highest BCUT2D eigenvalue weighted by molar-refractivity contribution is 14.1. The van der Waals surface area contributed by atoms with Crippen molar-refractivity contribution < 1.29 is 7.86 Å². The monoisotopic (exact) mass is 290 g/mol. The molecular formula is C10H11IO2. The molecule has 1 aromatic carbocycles. The van der Waals surface area contributed by atoms with Gasteiger partial charge in [-0.3, -0.25) is 0 Å². The second kappa shape index (κ2) is 4.60. The van der Waals surface area contributed by atoms with E-state index in [1.54, 1.807) is 35.1 Å². The zero-order valence-corrected chi connectivity index (χ0v) is 9.74. The van der Waals surface area contributed by atoms with Crippen LogP contribution < -0.4 is 0 Å². The Morgan fingerprint density at radius 1 is 1.31 bits per heavy atom. The Morgan fingerprint density at radius 2 is 1.85 bits per heavy atom. The highest BCUT2D eigenvalue weighted by Gasteiger charge is 2.05. The van der Waals surface area contributed by atoms with Gasteiger partial charge in [-0.05, 0) is 23.6 Å². The standard InChI is InChI=1S/C10H11IO2/c1-7(2)8-3-5-9(6-4-8)10(12)13-11/h3-7H,1-2H3. The van der Waals surface area contributed by atoms with E-state index in [1.165, 1.54) is 5.56 Å². The van der Waals surface area contributed by atoms with Gasteiger partial charge in [-0.1, -0.05) is 26.0 Å². The summed E-state index contributed by atoms with van der Waals surface area (Å²) in [6.45, 7) is 4.23. The van der Waals surface area contributed by atoms with E-state index in [0.717, 1.165) is 0 Å². The molecule has 0 radical (unpaired) electrons. The second-order valence-electron chi connectivity index (χ2n) is 3.14. The molecule has 0 heterocycles. The van der Waals surface area contributed by atoms with E-state index in [2.05, 4.69) is 16.9 Å².